The van der Waals surface area contributed by atoms with Gasteiger partial charge >= 0.3 is 0 Å². The van der Waals surface area contributed by atoms with Gasteiger partial charge in [0.25, 0.3) is 5.56 Å². The molecule has 2 aromatic heterocycles. The Hall–Kier alpha value is -3.80. The fraction of sp³-hybridized carbons (Fsp3) is 0.259. The van der Waals surface area contributed by atoms with E-state index in [1.54, 1.807) is 17.0 Å². The largest absolute Gasteiger partial charge is 0.383 e. The van der Waals surface area contributed by atoms with Gasteiger partial charge in [0.15, 0.2) is 5.78 Å². The molecule has 0 aliphatic rings. The summed E-state index contributed by atoms with van der Waals surface area (Å²) in [7, 11) is 0. The molecule has 0 unspecified atom stereocenters. The van der Waals surface area contributed by atoms with E-state index in [9.17, 15) is 9.59 Å². The predicted octanol–water partition coefficient (Wildman–Crippen LogP) is 4.06. The second kappa shape index (κ2) is 10.2. The van der Waals surface area contributed by atoms with Gasteiger partial charge in [-0.1, -0.05) is 48.5 Å². The number of pyridine rings is 1. The lowest BCUT2D eigenvalue weighted by molar-refractivity contribution is -0.119. The molecule has 4 rings (SSSR count). The van der Waals surface area contributed by atoms with E-state index in [2.05, 4.69) is 22.1 Å². The molecule has 2 aromatic carbocycles. The average Bonchev–Trinajstić information content (AvgIpc) is 2.82. The van der Waals surface area contributed by atoms with Crippen molar-refractivity contribution in [1.29, 1.82) is 0 Å². The maximum atomic E-state index is 13.0. The van der Waals surface area contributed by atoms with Crippen LogP contribution >= 0.6 is 0 Å². The molecule has 2 heterocycles. The van der Waals surface area contributed by atoms with Gasteiger partial charge in [-0.25, -0.2) is 4.98 Å². The van der Waals surface area contributed by atoms with Gasteiger partial charge < -0.3 is 10.3 Å². The number of aryl methyl sites for hydroxylation is 4. The minimum Gasteiger partial charge on any atom is -0.383 e. The number of nitrogen functional groups attached to an aromatic ring is 1. The highest BCUT2D eigenvalue weighted by Crippen LogP contribution is 2.20. The van der Waals surface area contributed by atoms with E-state index in [1.807, 2.05) is 49.4 Å². The second-order valence-electron chi connectivity index (χ2n) is 8.37. The fourth-order valence-corrected chi connectivity index (χ4v) is 4.03. The normalized spacial score (nSPS) is 11.1. The number of anilines is 1. The zero-order chi connectivity index (χ0) is 23.2. The van der Waals surface area contributed by atoms with Gasteiger partial charge in [-0.15, -0.1) is 0 Å². The number of hydrogen-bond acceptors (Lipinski definition) is 5. The number of aromatic nitrogens is 3. The molecule has 168 valence electrons. The fourth-order valence-electron chi connectivity index (χ4n) is 4.03. The molecular formula is C27H28N4O2. The molecule has 6 heteroatoms. The Morgan fingerprint density at radius 1 is 0.970 bits per heavy atom. The SMILES string of the molecule is Cc1cnc(CCCc2ccccc2)c(=O)n1CC(=O)CCc1ccc2c(N)nccc2c1. The monoisotopic (exact) mass is 440 g/mol. The van der Waals surface area contributed by atoms with E-state index < -0.39 is 0 Å². The minimum absolute atomic E-state index is 0.0241. The molecule has 33 heavy (non-hydrogen) atoms. The zero-order valence-corrected chi connectivity index (χ0v) is 18.8. The highest BCUT2D eigenvalue weighted by molar-refractivity contribution is 5.91. The van der Waals surface area contributed by atoms with Gasteiger partial charge in [-0.2, -0.15) is 0 Å². The van der Waals surface area contributed by atoms with Gasteiger partial charge in [0.2, 0.25) is 0 Å². The van der Waals surface area contributed by atoms with Crippen LogP contribution in [-0.2, 0) is 30.6 Å². The van der Waals surface area contributed by atoms with E-state index in [1.165, 1.54) is 5.56 Å². The predicted molar refractivity (Wildman–Crippen MR) is 131 cm³/mol. The van der Waals surface area contributed by atoms with Crippen molar-refractivity contribution in [2.45, 2.75) is 45.6 Å². The molecule has 0 saturated carbocycles. The molecule has 0 radical (unpaired) electrons. The summed E-state index contributed by atoms with van der Waals surface area (Å²) in [6.07, 6.45) is 6.67. The summed E-state index contributed by atoms with van der Waals surface area (Å²) < 4.78 is 1.56. The Balaban J connectivity index is 1.38. The summed E-state index contributed by atoms with van der Waals surface area (Å²) in [4.78, 5) is 34.1. The lowest BCUT2D eigenvalue weighted by Crippen LogP contribution is -2.30. The van der Waals surface area contributed by atoms with Gasteiger partial charge in [-0.3, -0.25) is 14.6 Å². The summed E-state index contributed by atoms with van der Waals surface area (Å²) in [6.45, 7) is 1.89. The Bertz CT molecular complexity index is 1330. The number of nitrogens with zero attached hydrogens (tertiary/aromatic N) is 3. The Kier molecular flexibility index (Phi) is 6.93. The van der Waals surface area contributed by atoms with Crippen molar-refractivity contribution in [3.05, 3.63) is 99.9 Å². The van der Waals surface area contributed by atoms with Crippen LogP contribution in [0.5, 0.6) is 0 Å². The number of carbonyl (C=O) groups is 1. The third-order valence-corrected chi connectivity index (χ3v) is 5.93. The smallest absolute Gasteiger partial charge is 0.272 e. The van der Waals surface area contributed by atoms with E-state index in [0.29, 0.717) is 36.5 Å². The molecule has 2 N–H and O–H groups in total. The summed E-state index contributed by atoms with van der Waals surface area (Å²) in [5.41, 5.74) is 9.27. The molecule has 0 atom stereocenters. The Morgan fingerprint density at radius 2 is 1.79 bits per heavy atom. The number of nitrogens with two attached hydrogens (primary N) is 1. The summed E-state index contributed by atoms with van der Waals surface area (Å²) >= 11 is 0. The molecule has 0 saturated heterocycles. The van der Waals surface area contributed by atoms with E-state index in [0.717, 1.165) is 29.2 Å². The molecule has 0 aliphatic heterocycles. The number of hydrogen-bond donors (Lipinski definition) is 1. The number of fused-ring (bicyclic) bond motifs is 1. The second-order valence-corrected chi connectivity index (χ2v) is 8.37. The number of Topliss-reactive ketones (excluding diaryl/α,β-unsaturated/α-hetero) is 1. The van der Waals surface area contributed by atoms with E-state index >= 15 is 0 Å². The third kappa shape index (κ3) is 5.52. The maximum absolute atomic E-state index is 13.0. The molecule has 0 fully saturated rings. The van der Waals surface area contributed by atoms with Crippen LogP contribution in [0.25, 0.3) is 10.8 Å². The molecule has 0 bridgehead atoms. The highest BCUT2D eigenvalue weighted by atomic mass is 16.1. The van der Waals surface area contributed by atoms with Crippen molar-refractivity contribution in [2.24, 2.45) is 0 Å². The lowest BCUT2D eigenvalue weighted by Gasteiger charge is -2.11. The van der Waals surface area contributed by atoms with Gasteiger partial charge in [0.05, 0.1) is 6.54 Å². The molecule has 6 nitrogen and oxygen atoms in total. The van der Waals surface area contributed by atoms with Crippen LogP contribution in [0.3, 0.4) is 0 Å². The van der Waals surface area contributed by atoms with Gasteiger partial charge in [0.1, 0.15) is 11.5 Å². The van der Waals surface area contributed by atoms with E-state index in [4.69, 9.17) is 5.73 Å². The van der Waals surface area contributed by atoms with Crippen molar-refractivity contribution in [3.63, 3.8) is 0 Å². The van der Waals surface area contributed by atoms with Gasteiger partial charge in [0, 0.05) is 29.9 Å². The molecule has 0 aliphatic carbocycles. The first-order valence-electron chi connectivity index (χ1n) is 11.3. The van der Waals surface area contributed by atoms with Gasteiger partial charge in [-0.05, 0) is 55.2 Å². The van der Waals surface area contributed by atoms with E-state index in [-0.39, 0.29) is 17.9 Å². The summed E-state index contributed by atoms with van der Waals surface area (Å²) in [5, 5.41) is 1.92. The number of benzene rings is 2. The highest BCUT2D eigenvalue weighted by Gasteiger charge is 2.12. The number of ketones is 1. The molecule has 0 amide bonds. The van der Waals surface area contributed by atoms with Crippen molar-refractivity contribution in [1.82, 2.24) is 14.5 Å². The third-order valence-electron chi connectivity index (χ3n) is 5.93. The topological polar surface area (TPSA) is 90.9 Å². The van der Waals surface area contributed by atoms with Crippen LogP contribution in [0.15, 0.2) is 71.8 Å². The Morgan fingerprint density at radius 3 is 2.61 bits per heavy atom. The lowest BCUT2D eigenvalue weighted by atomic mass is 10.0. The number of rotatable bonds is 9. The van der Waals surface area contributed by atoms with Crippen molar-refractivity contribution in [3.8, 4) is 0 Å². The van der Waals surface area contributed by atoms with Crippen LogP contribution in [0, 0.1) is 6.92 Å². The van der Waals surface area contributed by atoms with Crippen LogP contribution < -0.4 is 11.3 Å². The molecular weight excluding hydrogens is 412 g/mol. The first-order valence-corrected chi connectivity index (χ1v) is 11.3. The van der Waals surface area contributed by atoms with Crippen molar-refractivity contribution >= 4 is 22.4 Å². The Labute approximate surface area is 193 Å². The first-order chi connectivity index (χ1) is 16.0. The molecule has 0 spiro atoms. The maximum Gasteiger partial charge on any atom is 0.272 e. The summed E-state index contributed by atoms with van der Waals surface area (Å²) in [6, 6.07) is 18.1. The first kappa shape index (κ1) is 22.4. The minimum atomic E-state index is -0.162. The summed E-state index contributed by atoms with van der Waals surface area (Å²) in [5.74, 6) is 0.526. The van der Waals surface area contributed by atoms with Crippen molar-refractivity contribution in [2.75, 3.05) is 5.73 Å². The van der Waals surface area contributed by atoms with Crippen LogP contribution in [0.2, 0.25) is 0 Å². The average molecular weight is 441 g/mol. The zero-order valence-electron chi connectivity index (χ0n) is 18.8. The quantitative estimate of drug-likeness (QED) is 0.424. The van der Waals surface area contributed by atoms with Crippen molar-refractivity contribution < 1.29 is 4.79 Å². The van der Waals surface area contributed by atoms with Crippen LogP contribution in [0.1, 0.15) is 35.4 Å². The number of carbonyl (C=O) groups excluding carboxylic acids is 1. The standard InChI is InChI=1S/C27H28N4O2/c1-19-17-30-25(9-5-8-20-6-3-2-4-7-20)27(33)31(19)18-23(32)12-10-21-11-13-24-22(16-21)14-15-29-26(24)28/h2-4,6-7,11,13-17H,5,8-10,12,18H2,1H3,(H2,28,29). The molecule has 4 aromatic rings. The van der Waals surface area contributed by atoms with Crippen LogP contribution in [0.4, 0.5) is 5.82 Å². The van der Waals surface area contributed by atoms with Crippen LogP contribution in [-0.4, -0.2) is 20.3 Å².